The maximum atomic E-state index is 9.92. The Morgan fingerprint density at radius 2 is 1.13 bits per heavy atom. The van der Waals surface area contributed by atoms with Gasteiger partial charge in [0.1, 0.15) is 0 Å². The van der Waals surface area contributed by atoms with Crippen molar-refractivity contribution in [3.8, 4) is 0 Å². The second-order valence-corrected chi connectivity index (χ2v) is 4.08. The molecule has 0 fully saturated rings. The summed E-state index contributed by atoms with van der Waals surface area (Å²) in [5, 5.41) is 0. The summed E-state index contributed by atoms with van der Waals surface area (Å²) in [6.07, 6.45) is 15.8. The molecule has 15 heavy (non-hydrogen) atoms. The topological polar surface area (TPSA) is 17.1 Å². The molecule has 0 aliphatic heterocycles. The minimum absolute atomic E-state index is 0. The Kier molecular flexibility index (Phi) is 20.5. The largest absolute Gasteiger partial charge is 1.00 e. The fourth-order valence-corrected chi connectivity index (χ4v) is 1.68. The number of hydrogen-bond acceptors (Lipinski definition) is 1. The van der Waals surface area contributed by atoms with Crippen molar-refractivity contribution in [3.05, 3.63) is 0 Å². The van der Waals surface area contributed by atoms with E-state index in [1.54, 1.807) is 0 Å². The van der Waals surface area contributed by atoms with E-state index in [2.05, 4.69) is 6.92 Å². The Hall–Kier alpha value is 0.670. The molecule has 0 bridgehead atoms. The van der Waals surface area contributed by atoms with Crippen molar-refractivity contribution >= 4 is 6.29 Å². The van der Waals surface area contributed by atoms with Crippen LogP contribution < -0.4 is 29.6 Å². The average Bonchev–Trinajstić information content (AvgIpc) is 2.21. The van der Waals surface area contributed by atoms with E-state index >= 15 is 0 Å². The van der Waals surface area contributed by atoms with Gasteiger partial charge in [0.15, 0.2) is 0 Å². The number of hydrogen-bond donors (Lipinski definition) is 0. The average molecular weight is 220 g/mol. The van der Waals surface area contributed by atoms with Gasteiger partial charge < -0.3 is 4.79 Å². The number of unbranched alkanes of at least 4 members (excludes halogenated alkanes) is 10. The van der Waals surface area contributed by atoms with Crippen LogP contribution in [0.2, 0.25) is 0 Å². The third-order valence-electron chi connectivity index (χ3n) is 2.63. The van der Waals surface area contributed by atoms with Crippen molar-refractivity contribution in [2.75, 3.05) is 0 Å². The van der Waals surface area contributed by atoms with Crippen LogP contribution >= 0.6 is 0 Å². The third kappa shape index (κ3) is 17.3. The van der Waals surface area contributed by atoms with Crippen LogP contribution in [0.15, 0.2) is 0 Å². The van der Waals surface area contributed by atoms with Crippen LogP contribution in [0, 0.1) is 0 Å². The van der Waals surface area contributed by atoms with Crippen molar-refractivity contribution in [1.82, 2.24) is 0 Å². The molecule has 0 aromatic rings. The summed E-state index contributed by atoms with van der Waals surface area (Å²) in [5.74, 6) is 0. The number of rotatable bonds is 11. The molecule has 1 nitrogen and oxygen atoms in total. The zero-order valence-corrected chi connectivity index (χ0v) is 12.7. The van der Waals surface area contributed by atoms with Gasteiger partial charge in [-0.15, -0.1) is 0 Å². The summed E-state index contributed by atoms with van der Waals surface area (Å²) in [6.45, 7) is 2.25. The monoisotopic (exact) mass is 220 g/mol. The van der Waals surface area contributed by atoms with Crippen LogP contribution in [0.3, 0.4) is 0 Å². The first-order valence-electron chi connectivity index (χ1n) is 6.26. The van der Waals surface area contributed by atoms with Crippen LogP contribution in [0.25, 0.3) is 0 Å². The fraction of sp³-hybridized carbons (Fsp3) is 0.923. The van der Waals surface area contributed by atoms with E-state index in [4.69, 9.17) is 0 Å². The summed E-state index contributed by atoms with van der Waals surface area (Å²) in [6, 6.07) is 0. The van der Waals surface area contributed by atoms with Gasteiger partial charge in [0.2, 0.25) is 0 Å². The zero-order valence-electron chi connectivity index (χ0n) is 10.7. The van der Waals surface area contributed by atoms with Gasteiger partial charge in [0.25, 0.3) is 0 Å². The third-order valence-corrected chi connectivity index (χ3v) is 2.63. The quantitative estimate of drug-likeness (QED) is 0.292. The molecular formula is C13H25NaO. The van der Waals surface area contributed by atoms with Gasteiger partial charge in [-0.2, -0.15) is 6.42 Å². The molecule has 0 N–H and O–H groups in total. The molecule has 0 atom stereocenters. The predicted molar refractivity (Wildman–Crippen MR) is 62.2 cm³/mol. The first-order valence-corrected chi connectivity index (χ1v) is 6.26. The van der Waals surface area contributed by atoms with Gasteiger partial charge in [0, 0.05) is 0 Å². The molecule has 0 aliphatic rings. The van der Waals surface area contributed by atoms with Gasteiger partial charge in [-0.05, 0) is 0 Å². The van der Waals surface area contributed by atoms with Crippen LogP contribution in [0.4, 0.5) is 0 Å². The van der Waals surface area contributed by atoms with Gasteiger partial charge in [-0.1, -0.05) is 71.1 Å². The van der Waals surface area contributed by atoms with Gasteiger partial charge in [-0.3, -0.25) is 6.29 Å². The van der Waals surface area contributed by atoms with E-state index in [9.17, 15) is 4.79 Å². The zero-order chi connectivity index (χ0) is 10.5. The van der Waals surface area contributed by atoms with E-state index < -0.39 is 0 Å². The van der Waals surface area contributed by atoms with Crippen LogP contribution in [0.5, 0.6) is 0 Å². The summed E-state index contributed by atoms with van der Waals surface area (Å²) in [5.41, 5.74) is 0. The van der Waals surface area contributed by atoms with Crippen LogP contribution in [-0.2, 0) is 4.79 Å². The summed E-state index contributed by atoms with van der Waals surface area (Å²) in [4.78, 5) is 9.92. The van der Waals surface area contributed by atoms with Crippen molar-refractivity contribution < 1.29 is 34.4 Å². The first kappa shape index (κ1) is 18.0. The standard InChI is InChI=1S/C13H25O.Na/c1-2-3-4-5-6-7-8-9-10-11-12-13-14;/h2-12H2,1H3;/q-1;+1. The van der Waals surface area contributed by atoms with Gasteiger partial charge in [0.05, 0.1) is 0 Å². The van der Waals surface area contributed by atoms with Crippen molar-refractivity contribution in [1.29, 1.82) is 0 Å². The molecule has 2 heteroatoms. The van der Waals surface area contributed by atoms with Crippen LogP contribution in [-0.4, -0.2) is 6.29 Å². The van der Waals surface area contributed by atoms with E-state index in [-0.39, 0.29) is 29.6 Å². The molecule has 0 amide bonds. The molecule has 84 valence electrons. The molecule has 0 rings (SSSR count). The SMILES string of the molecule is CCCCCCCCCCCC[C-]=O.[Na+]. The fourth-order valence-electron chi connectivity index (χ4n) is 1.68. The second kappa shape index (κ2) is 17.1. The Balaban J connectivity index is 0. The van der Waals surface area contributed by atoms with Gasteiger partial charge in [-0.25, -0.2) is 0 Å². The molecule has 0 heterocycles. The van der Waals surface area contributed by atoms with E-state index in [0.717, 1.165) is 6.42 Å². The molecule has 0 aliphatic carbocycles. The predicted octanol–water partition coefficient (Wildman–Crippen LogP) is 1.41. The molecular weight excluding hydrogens is 195 g/mol. The molecule has 0 saturated heterocycles. The Morgan fingerprint density at radius 1 is 0.733 bits per heavy atom. The summed E-state index contributed by atoms with van der Waals surface area (Å²) < 4.78 is 0. The molecule has 0 aromatic carbocycles. The maximum Gasteiger partial charge on any atom is 1.00 e. The van der Waals surface area contributed by atoms with Crippen LogP contribution in [0.1, 0.15) is 77.6 Å². The van der Waals surface area contributed by atoms with Crippen molar-refractivity contribution in [2.45, 2.75) is 77.6 Å². The minimum atomic E-state index is 0. The molecule has 0 saturated carbocycles. The summed E-state index contributed by atoms with van der Waals surface area (Å²) in [7, 11) is 0. The normalized spacial score (nSPS) is 9.67. The van der Waals surface area contributed by atoms with E-state index in [1.165, 1.54) is 57.8 Å². The van der Waals surface area contributed by atoms with Crippen molar-refractivity contribution in [3.63, 3.8) is 0 Å². The Morgan fingerprint density at radius 3 is 1.53 bits per heavy atom. The molecule has 0 spiro atoms. The molecule has 0 aromatic heterocycles. The van der Waals surface area contributed by atoms with E-state index in [1.807, 2.05) is 6.29 Å². The number of carbonyl (C=O) groups excluding carboxylic acids is 1. The Bertz CT molecular complexity index is 115. The van der Waals surface area contributed by atoms with Crippen molar-refractivity contribution in [2.24, 2.45) is 0 Å². The minimum Gasteiger partial charge on any atom is -0.542 e. The Labute approximate surface area is 118 Å². The summed E-state index contributed by atoms with van der Waals surface area (Å²) >= 11 is 0. The van der Waals surface area contributed by atoms with Gasteiger partial charge >= 0.3 is 29.6 Å². The molecule has 0 radical (unpaired) electrons. The maximum absolute atomic E-state index is 9.92. The first-order chi connectivity index (χ1) is 6.91. The second-order valence-electron chi connectivity index (χ2n) is 4.08. The van der Waals surface area contributed by atoms with E-state index in [0.29, 0.717) is 6.42 Å². The smallest absolute Gasteiger partial charge is 0.542 e. The molecule has 0 unspecified atom stereocenters.